The fourth-order valence-electron chi connectivity index (χ4n) is 3.06. The van der Waals surface area contributed by atoms with Crippen LogP contribution in [0.15, 0.2) is 89.0 Å². The third kappa shape index (κ3) is 5.82. The molecule has 0 radical (unpaired) electrons. The van der Waals surface area contributed by atoms with Crippen molar-refractivity contribution in [3.8, 4) is 5.75 Å². The van der Waals surface area contributed by atoms with Gasteiger partial charge in [-0.3, -0.25) is 5.43 Å². The molecule has 0 atom stereocenters. The van der Waals surface area contributed by atoms with Crippen LogP contribution >= 0.6 is 0 Å². The number of hydrazone groups is 1. The first-order chi connectivity index (χ1) is 15.7. The Balaban J connectivity index is 1.49. The Labute approximate surface area is 188 Å². The van der Waals surface area contributed by atoms with E-state index in [2.05, 4.69) is 34.3 Å². The molecule has 4 aromatic rings. The first-order valence-electron chi connectivity index (χ1n) is 10.8. The van der Waals surface area contributed by atoms with E-state index in [9.17, 15) is 0 Å². The molecule has 0 bridgehead atoms. The number of nitrogens with one attached hydrogen (secondary N) is 2. The van der Waals surface area contributed by atoms with Gasteiger partial charge in [0.2, 0.25) is 0 Å². The van der Waals surface area contributed by atoms with Gasteiger partial charge in [-0.15, -0.1) is 0 Å². The highest BCUT2D eigenvalue weighted by molar-refractivity contribution is 6.00. The minimum atomic E-state index is 0.539. The zero-order chi connectivity index (χ0) is 22.2. The Kier molecular flexibility index (Phi) is 6.92. The van der Waals surface area contributed by atoms with E-state index in [0.29, 0.717) is 17.6 Å². The van der Waals surface area contributed by atoms with Crippen molar-refractivity contribution in [2.24, 2.45) is 16.0 Å². The maximum absolute atomic E-state index is 5.78. The van der Waals surface area contributed by atoms with Crippen molar-refractivity contribution < 1.29 is 4.74 Å². The van der Waals surface area contributed by atoms with Gasteiger partial charge >= 0.3 is 0 Å². The normalized spacial score (nSPS) is 12.0. The Morgan fingerprint density at radius 2 is 1.75 bits per heavy atom. The number of H-pyrrole nitrogens is 1. The number of para-hydroxylation sites is 3. The van der Waals surface area contributed by atoms with Gasteiger partial charge < -0.3 is 9.72 Å². The summed E-state index contributed by atoms with van der Waals surface area (Å²) in [7, 11) is 0. The Bertz CT molecular complexity index is 1160. The van der Waals surface area contributed by atoms with E-state index >= 15 is 0 Å². The SMILES string of the molecule is CC(C)CCOc1ccc(/C=N\NC(=Nc2ccccc2)c2nc3ccccc3[nH]2)cc1. The van der Waals surface area contributed by atoms with Crippen molar-refractivity contribution >= 4 is 28.8 Å². The molecule has 0 saturated heterocycles. The van der Waals surface area contributed by atoms with Crippen LogP contribution in [0.3, 0.4) is 0 Å². The zero-order valence-electron chi connectivity index (χ0n) is 18.3. The molecule has 162 valence electrons. The maximum Gasteiger partial charge on any atom is 0.190 e. The molecule has 32 heavy (non-hydrogen) atoms. The monoisotopic (exact) mass is 425 g/mol. The fraction of sp³-hybridized carbons (Fsp3) is 0.192. The minimum Gasteiger partial charge on any atom is -0.494 e. The maximum atomic E-state index is 5.78. The largest absolute Gasteiger partial charge is 0.494 e. The van der Waals surface area contributed by atoms with Crippen LogP contribution in [0.2, 0.25) is 0 Å². The predicted octanol–water partition coefficient (Wildman–Crippen LogP) is 5.69. The predicted molar refractivity (Wildman–Crippen MR) is 131 cm³/mol. The lowest BCUT2D eigenvalue weighted by Gasteiger charge is -2.08. The number of nitrogens with zero attached hydrogens (tertiary/aromatic N) is 3. The van der Waals surface area contributed by atoms with Gasteiger partial charge in [0.1, 0.15) is 5.75 Å². The number of fused-ring (bicyclic) bond motifs is 1. The summed E-state index contributed by atoms with van der Waals surface area (Å²) in [6.07, 6.45) is 2.79. The summed E-state index contributed by atoms with van der Waals surface area (Å²) < 4.78 is 5.78. The molecule has 1 heterocycles. The third-order valence-electron chi connectivity index (χ3n) is 4.84. The van der Waals surface area contributed by atoms with Crippen LogP contribution in [0.25, 0.3) is 11.0 Å². The van der Waals surface area contributed by atoms with Crippen LogP contribution < -0.4 is 10.2 Å². The lowest BCUT2D eigenvalue weighted by molar-refractivity contribution is 0.289. The zero-order valence-corrected chi connectivity index (χ0v) is 18.3. The Morgan fingerprint density at radius 1 is 1.00 bits per heavy atom. The van der Waals surface area contributed by atoms with Crippen LogP contribution in [0, 0.1) is 5.92 Å². The van der Waals surface area contributed by atoms with Crippen molar-refractivity contribution in [3.63, 3.8) is 0 Å². The number of hydrogen-bond donors (Lipinski definition) is 2. The summed E-state index contributed by atoms with van der Waals surface area (Å²) >= 11 is 0. The average molecular weight is 426 g/mol. The van der Waals surface area contributed by atoms with E-state index in [1.54, 1.807) is 6.21 Å². The number of benzene rings is 3. The van der Waals surface area contributed by atoms with Gasteiger partial charge in [-0.05, 0) is 66.4 Å². The molecule has 6 heteroatoms. The van der Waals surface area contributed by atoms with E-state index in [1.807, 2.05) is 78.9 Å². The molecule has 1 aromatic heterocycles. The number of aromatic amines is 1. The van der Waals surface area contributed by atoms with Gasteiger partial charge in [-0.2, -0.15) is 5.10 Å². The quantitative estimate of drug-likeness (QED) is 0.216. The highest BCUT2D eigenvalue weighted by atomic mass is 16.5. The van der Waals surface area contributed by atoms with E-state index in [0.717, 1.165) is 41.1 Å². The van der Waals surface area contributed by atoms with Gasteiger partial charge in [0.05, 0.1) is 29.5 Å². The molecule has 0 saturated carbocycles. The van der Waals surface area contributed by atoms with Crippen LogP contribution in [-0.4, -0.2) is 28.6 Å². The summed E-state index contributed by atoms with van der Waals surface area (Å²) in [6.45, 7) is 5.11. The number of imidazole rings is 1. The molecule has 0 aliphatic carbocycles. The lowest BCUT2D eigenvalue weighted by Crippen LogP contribution is -2.20. The second-order valence-corrected chi connectivity index (χ2v) is 7.87. The second-order valence-electron chi connectivity index (χ2n) is 7.87. The van der Waals surface area contributed by atoms with Crippen LogP contribution in [0.1, 0.15) is 31.7 Å². The molecule has 0 amide bonds. The summed E-state index contributed by atoms with van der Waals surface area (Å²) in [5, 5.41) is 4.39. The molecule has 2 N–H and O–H groups in total. The topological polar surface area (TPSA) is 74.7 Å². The minimum absolute atomic E-state index is 0.539. The standard InChI is InChI=1S/C26H27N5O/c1-19(2)16-17-32-22-14-12-20(13-15-22)18-27-31-26(28-21-8-4-3-5-9-21)25-29-23-10-6-7-11-24(23)30-25/h3-15,18-19H,16-17H2,1-2H3,(H,28,31)(H,29,30)/b27-18-. The first-order valence-corrected chi connectivity index (χ1v) is 10.8. The van der Waals surface area contributed by atoms with Crippen molar-refractivity contribution in [1.29, 1.82) is 0 Å². The second kappa shape index (κ2) is 10.4. The van der Waals surface area contributed by atoms with Crippen LogP contribution in [0.5, 0.6) is 5.75 Å². The molecule has 6 nitrogen and oxygen atoms in total. The Hall–Kier alpha value is -3.93. The molecule has 0 aliphatic rings. The van der Waals surface area contributed by atoms with Gasteiger partial charge in [-0.25, -0.2) is 9.98 Å². The number of ether oxygens (including phenoxy) is 1. The summed E-state index contributed by atoms with van der Waals surface area (Å²) in [4.78, 5) is 12.6. The van der Waals surface area contributed by atoms with Crippen molar-refractivity contribution in [2.75, 3.05) is 6.61 Å². The number of hydrogen-bond acceptors (Lipinski definition) is 4. The van der Waals surface area contributed by atoms with Gasteiger partial charge in [0.25, 0.3) is 0 Å². The van der Waals surface area contributed by atoms with Crippen LogP contribution in [0.4, 0.5) is 5.69 Å². The molecular formula is C26H27N5O. The van der Waals surface area contributed by atoms with Gasteiger partial charge in [0.15, 0.2) is 11.7 Å². The Morgan fingerprint density at radius 3 is 2.50 bits per heavy atom. The van der Waals surface area contributed by atoms with Crippen molar-refractivity contribution in [3.05, 3.63) is 90.3 Å². The number of aromatic nitrogens is 2. The summed E-state index contributed by atoms with van der Waals surface area (Å²) in [6, 6.07) is 25.5. The molecule has 0 aliphatic heterocycles. The highest BCUT2D eigenvalue weighted by Crippen LogP contribution is 2.15. The number of rotatable bonds is 8. The number of aliphatic imine (C=N–C) groups is 1. The summed E-state index contributed by atoms with van der Waals surface area (Å²) in [5.74, 6) is 2.66. The van der Waals surface area contributed by atoms with E-state index in [1.165, 1.54) is 0 Å². The van der Waals surface area contributed by atoms with E-state index in [-0.39, 0.29) is 0 Å². The third-order valence-corrected chi connectivity index (χ3v) is 4.84. The van der Waals surface area contributed by atoms with Gasteiger partial charge in [-0.1, -0.05) is 44.2 Å². The average Bonchev–Trinajstić information content (AvgIpc) is 3.24. The van der Waals surface area contributed by atoms with E-state index < -0.39 is 0 Å². The molecular weight excluding hydrogens is 398 g/mol. The number of amidine groups is 1. The molecule has 0 spiro atoms. The molecule has 0 unspecified atom stereocenters. The van der Waals surface area contributed by atoms with Gasteiger partial charge in [0, 0.05) is 0 Å². The fourth-order valence-corrected chi connectivity index (χ4v) is 3.06. The highest BCUT2D eigenvalue weighted by Gasteiger charge is 2.09. The van der Waals surface area contributed by atoms with Crippen molar-refractivity contribution in [1.82, 2.24) is 15.4 Å². The summed E-state index contributed by atoms with van der Waals surface area (Å²) in [5.41, 5.74) is 6.64. The van der Waals surface area contributed by atoms with E-state index in [4.69, 9.17) is 9.73 Å². The van der Waals surface area contributed by atoms with Crippen LogP contribution in [-0.2, 0) is 0 Å². The molecule has 4 rings (SSSR count). The van der Waals surface area contributed by atoms with Crippen molar-refractivity contribution in [2.45, 2.75) is 20.3 Å². The molecule has 0 fully saturated rings. The molecule has 3 aromatic carbocycles. The smallest absolute Gasteiger partial charge is 0.190 e. The lowest BCUT2D eigenvalue weighted by atomic mass is 10.1. The first kappa shape index (κ1) is 21.3.